The zero-order chi connectivity index (χ0) is 25.9. The maximum Gasteiger partial charge on any atom is 0.432 e. The number of rotatable bonds is 7. The molecule has 0 bridgehead atoms. The molecule has 1 aliphatic heterocycles. The van der Waals surface area contributed by atoms with Crippen LogP contribution < -0.4 is 10.0 Å². The first-order valence-electron chi connectivity index (χ1n) is 10.4. The van der Waals surface area contributed by atoms with Crippen LogP contribution in [0.3, 0.4) is 0 Å². The van der Waals surface area contributed by atoms with Crippen LogP contribution in [0, 0.1) is 22.7 Å². The fourth-order valence-electron chi connectivity index (χ4n) is 3.81. The van der Waals surface area contributed by atoms with E-state index < -0.39 is 40.2 Å². The fourth-order valence-corrected chi connectivity index (χ4v) is 4.79. The Hall–Kier alpha value is -4.36. The van der Waals surface area contributed by atoms with E-state index in [1.54, 1.807) is 26.8 Å². The molecule has 1 aromatic heterocycles. The lowest BCUT2D eigenvalue weighted by atomic mass is 9.81. The number of carbonyl (C=O) groups excluding carboxylic acids is 1. The molecule has 0 radical (unpaired) electrons. The quantitative estimate of drug-likeness (QED) is 0.479. The molecule has 0 unspecified atom stereocenters. The number of anilines is 1. The van der Waals surface area contributed by atoms with Crippen molar-refractivity contribution >= 4 is 38.8 Å². The average Bonchev–Trinajstić information content (AvgIpc) is 3.15. The van der Waals surface area contributed by atoms with Gasteiger partial charge in [-0.05, 0) is 38.5 Å². The van der Waals surface area contributed by atoms with Crippen molar-refractivity contribution in [2.75, 3.05) is 17.1 Å². The summed E-state index contributed by atoms with van der Waals surface area (Å²) in [5.74, 6) is -2.29. The van der Waals surface area contributed by atoms with E-state index in [0.717, 1.165) is 0 Å². The Balaban J connectivity index is 2.11. The zero-order valence-electron chi connectivity index (χ0n) is 19.1. The normalized spacial score (nSPS) is 14.3. The number of ether oxygens (including phenoxy) is 1. The van der Waals surface area contributed by atoms with Gasteiger partial charge in [0.15, 0.2) is 5.82 Å². The largest absolute Gasteiger partial charge is 0.466 e. The molecule has 0 aliphatic carbocycles. The lowest BCUT2D eigenvalue weighted by molar-refractivity contribution is -0.142. The molecule has 0 atom stereocenters. The highest BCUT2D eigenvalue weighted by Gasteiger charge is 2.30. The number of nitrogens with zero attached hydrogens (tertiary/aromatic N) is 4. The van der Waals surface area contributed by atoms with E-state index in [1.807, 2.05) is 0 Å². The predicted molar refractivity (Wildman–Crippen MR) is 124 cm³/mol. The van der Waals surface area contributed by atoms with Crippen LogP contribution in [0.5, 0.6) is 0 Å². The van der Waals surface area contributed by atoms with E-state index in [4.69, 9.17) is 4.74 Å². The van der Waals surface area contributed by atoms with Crippen molar-refractivity contribution in [3.63, 3.8) is 0 Å². The van der Waals surface area contributed by atoms with Gasteiger partial charge in [0, 0.05) is 16.8 Å². The number of hydrogen-bond acceptors (Lipinski definition) is 9. The van der Waals surface area contributed by atoms with Crippen LogP contribution in [0.4, 0.5) is 10.6 Å². The van der Waals surface area contributed by atoms with Crippen LogP contribution in [-0.2, 0) is 19.6 Å². The van der Waals surface area contributed by atoms with Gasteiger partial charge < -0.3 is 15.2 Å². The van der Waals surface area contributed by atoms with Gasteiger partial charge in [0.2, 0.25) is 10.0 Å². The molecule has 35 heavy (non-hydrogen) atoms. The molecule has 12 nitrogen and oxygen atoms in total. The first kappa shape index (κ1) is 25.3. The molecule has 182 valence electrons. The van der Waals surface area contributed by atoms with E-state index in [9.17, 15) is 33.6 Å². The average molecular weight is 499 g/mol. The number of nitrogens with one attached hydrogen (secondary N) is 2. The minimum Gasteiger partial charge on any atom is -0.466 e. The molecule has 3 N–H and O–H groups in total. The maximum absolute atomic E-state index is 12.6. The lowest BCUT2D eigenvalue weighted by Gasteiger charge is -2.26. The van der Waals surface area contributed by atoms with Gasteiger partial charge in [0.05, 0.1) is 53.5 Å². The number of esters is 1. The topological polar surface area (TPSA) is 187 Å². The Bertz CT molecular complexity index is 1440. The first-order valence-corrected chi connectivity index (χ1v) is 12.1. The minimum absolute atomic E-state index is 0.0942. The standard InChI is InChI=1S/C22H22N6O6S/c1-4-34-19(29)7-8-35(32,33)27-21-15-9-14(5-6-18(15)28(26-21)22(30)31)20-16(10-23)12(2)25-13(3)17(20)11-24/h5-6,9,20,25H,4,7-8H2,1-3H3,(H,26,27)(H,30,31). The van der Waals surface area contributed by atoms with Crippen LogP contribution in [-0.4, -0.2) is 47.7 Å². The first-order chi connectivity index (χ1) is 16.5. The Kier molecular flexibility index (Phi) is 7.12. The van der Waals surface area contributed by atoms with Gasteiger partial charge in [-0.3, -0.25) is 9.52 Å². The van der Waals surface area contributed by atoms with Gasteiger partial charge in [-0.1, -0.05) is 6.07 Å². The third kappa shape index (κ3) is 5.10. The number of hydrogen-bond donors (Lipinski definition) is 3. The number of nitriles is 2. The molecule has 0 amide bonds. The predicted octanol–water partition coefficient (Wildman–Crippen LogP) is 2.54. The summed E-state index contributed by atoms with van der Waals surface area (Å²) in [6, 6.07) is 8.71. The number of carbonyl (C=O) groups is 2. The van der Waals surface area contributed by atoms with Crippen molar-refractivity contribution in [2.24, 2.45) is 0 Å². The summed E-state index contributed by atoms with van der Waals surface area (Å²) in [5, 5.41) is 36.0. The van der Waals surface area contributed by atoms with Crippen molar-refractivity contribution in [1.29, 1.82) is 10.5 Å². The SMILES string of the molecule is CCOC(=O)CCS(=O)(=O)Nc1nn(C(=O)O)c2ccc(C3C(C#N)=C(C)NC(C)=C3C#N)cc12. The monoisotopic (exact) mass is 498 g/mol. The van der Waals surface area contributed by atoms with Crippen molar-refractivity contribution in [2.45, 2.75) is 33.1 Å². The molecule has 3 rings (SSSR count). The number of benzene rings is 1. The van der Waals surface area contributed by atoms with Gasteiger partial charge in [-0.25, -0.2) is 13.2 Å². The third-order valence-electron chi connectivity index (χ3n) is 5.35. The summed E-state index contributed by atoms with van der Waals surface area (Å²) in [6.45, 7) is 5.11. The third-order valence-corrected chi connectivity index (χ3v) is 6.60. The summed E-state index contributed by atoms with van der Waals surface area (Å²) in [7, 11) is -4.09. The van der Waals surface area contributed by atoms with Crippen molar-refractivity contribution in [1.82, 2.24) is 15.1 Å². The second-order valence-corrected chi connectivity index (χ2v) is 9.50. The van der Waals surface area contributed by atoms with Gasteiger partial charge in [-0.15, -0.1) is 5.10 Å². The molecular weight excluding hydrogens is 476 g/mol. The maximum atomic E-state index is 12.6. The second kappa shape index (κ2) is 9.87. The molecule has 0 fully saturated rings. The van der Waals surface area contributed by atoms with E-state index in [-0.39, 0.29) is 23.3 Å². The van der Waals surface area contributed by atoms with E-state index >= 15 is 0 Å². The number of aromatic nitrogens is 2. The van der Waals surface area contributed by atoms with Gasteiger partial charge >= 0.3 is 12.1 Å². The number of allylic oxidation sites excluding steroid dienone is 4. The van der Waals surface area contributed by atoms with Crippen LogP contribution >= 0.6 is 0 Å². The van der Waals surface area contributed by atoms with E-state index in [1.165, 1.54) is 12.1 Å². The van der Waals surface area contributed by atoms with Crippen LogP contribution in [0.1, 0.15) is 38.7 Å². The minimum atomic E-state index is -4.09. The molecule has 13 heteroatoms. The lowest BCUT2D eigenvalue weighted by Crippen LogP contribution is -2.23. The van der Waals surface area contributed by atoms with Crippen molar-refractivity contribution < 1.29 is 27.9 Å². The number of sulfonamides is 1. The van der Waals surface area contributed by atoms with E-state index in [0.29, 0.717) is 32.8 Å². The van der Waals surface area contributed by atoms with Gasteiger partial charge in [0.1, 0.15) is 0 Å². The Morgan fingerprint density at radius 3 is 2.40 bits per heavy atom. The summed E-state index contributed by atoms with van der Waals surface area (Å²) in [6.07, 6.45) is -1.84. The fraction of sp³-hybridized carbons (Fsp3) is 0.318. The van der Waals surface area contributed by atoms with E-state index in [2.05, 4.69) is 27.3 Å². The van der Waals surface area contributed by atoms with Crippen molar-refractivity contribution in [3.8, 4) is 12.1 Å². The summed E-state index contributed by atoms with van der Waals surface area (Å²) < 4.78 is 32.7. The second-order valence-electron chi connectivity index (χ2n) is 7.65. The Labute approximate surface area is 201 Å². The smallest absolute Gasteiger partial charge is 0.432 e. The molecule has 0 spiro atoms. The van der Waals surface area contributed by atoms with Crippen LogP contribution in [0.2, 0.25) is 0 Å². The number of carboxylic acid groups (broad SMARTS) is 1. The molecule has 1 aromatic carbocycles. The Morgan fingerprint density at radius 2 is 1.86 bits per heavy atom. The number of fused-ring (bicyclic) bond motifs is 1. The summed E-state index contributed by atoms with van der Waals surface area (Å²) in [5.41, 5.74) is 2.30. The molecule has 2 aromatic rings. The molecular formula is C22H22N6O6S. The summed E-state index contributed by atoms with van der Waals surface area (Å²) in [4.78, 5) is 23.3. The molecule has 2 heterocycles. The highest BCUT2D eigenvalue weighted by atomic mass is 32.2. The van der Waals surface area contributed by atoms with Crippen molar-refractivity contribution in [3.05, 3.63) is 46.3 Å². The molecule has 0 saturated heterocycles. The number of dihydropyridines is 1. The van der Waals surface area contributed by atoms with Gasteiger partial charge in [-0.2, -0.15) is 15.2 Å². The van der Waals surface area contributed by atoms with Crippen LogP contribution in [0.25, 0.3) is 10.9 Å². The zero-order valence-corrected chi connectivity index (χ0v) is 19.9. The molecule has 0 saturated carbocycles. The summed E-state index contributed by atoms with van der Waals surface area (Å²) >= 11 is 0. The van der Waals surface area contributed by atoms with Gasteiger partial charge in [0.25, 0.3) is 0 Å². The molecule has 1 aliphatic rings. The highest BCUT2D eigenvalue weighted by molar-refractivity contribution is 7.92. The van der Waals surface area contributed by atoms with Crippen LogP contribution in [0.15, 0.2) is 40.7 Å². The highest BCUT2D eigenvalue weighted by Crippen LogP contribution is 2.39. The Morgan fingerprint density at radius 1 is 1.23 bits per heavy atom.